The van der Waals surface area contributed by atoms with Crippen molar-refractivity contribution < 1.29 is 18.3 Å². The lowest BCUT2D eigenvalue weighted by molar-refractivity contribution is -0.138. The van der Waals surface area contributed by atoms with E-state index in [1.807, 2.05) is 0 Å². The predicted octanol–water partition coefficient (Wildman–Crippen LogP) is 0.0975. The fourth-order valence-electron chi connectivity index (χ4n) is 1.04. The zero-order valence-electron chi connectivity index (χ0n) is 7.64. The first kappa shape index (κ1) is 11.2. The Morgan fingerprint density at radius 1 is 1.64 bits per heavy atom. The lowest BCUT2D eigenvalue weighted by atomic mass is 10.2. The zero-order valence-corrected chi connectivity index (χ0v) is 8.46. The molecule has 1 atom stereocenters. The van der Waals surface area contributed by atoms with Gasteiger partial charge in [-0.05, 0) is 19.3 Å². The molecule has 1 unspecified atom stereocenters. The van der Waals surface area contributed by atoms with Gasteiger partial charge in [0.15, 0.2) is 0 Å². The molecule has 5 nitrogen and oxygen atoms in total. The summed E-state index contributed by atoms with van der Waals surface area (Å²) in [6.07, 6.45) is 2.72. The molecule has 0 spiro atoms. The topological polar surface area (TPSA) is 83.5 Å². The van der Waals surface area contributed by atoms with E-state index in [0.29, 0.717) is 12.8 Å². The average Bonchev–Trinajstić information content (AvgIpc) is 2.84. The van der Waals surface area contributed by atoms with Crippen molar-refractivity contribution in [1.82, 2.24) is 4.72 Å². The van der Waals surface area contributed by atoms with E-state index < -0.39 is 27.3 Å². The molecule has 0 aromatic carbocycles. The van der Waals surface area contributed by atoms with Crippen LogP contribution in [0.1, 0.15) is 19.3 Å². The zero-order chi connectivity index (χ0) is 10.8. The van der Waals surface area contributed by atoms with Crippen LogP contribution in [0.3, 0.4) is 0 Å². The molecule has 0 saturated heterocycles. The molecule has 14 heavy (non-hydrogen) atoms. The average molecular weight is 219 g/mol. The van der Waals surface area contributed by atoms with E-state index >= 15 is 0 Å². The number of hydrogen-bond donors (Lipinski definition) is 2. The highest BCUT2D eigenvalue weighted by molar-refractivity contribution is 7.90. The molecule has 1 rings (SSSR count). The van der Waals surface area contributed by atoms with Gasteiger partial charge in [0.2, 0.25) is 10.0 Å². The second-order valence-corrected chi connectivity index (χ2v) is 5.27. The first-order chi connectivity index (χ1) is 6.47. The number of nitrogens with one attached hydrogen (secondary N) is 1. The Balaban J connectivity index is 2.62. The number of hydrogen-bond acceptors (Lipinski definition) is 3. The molecular formula is C8H13NO4S. The minimum Gasteiger partial charge on any atom is -0.480 e. The van der Waals surface area contributed by atoms with Gasteiger partial charge in [-0.15, -0.1) is 6.58 Å². The highest BCUT2D eigenvalue weighted by Crippen LogP contribution is 2.27. The Kier molecular flexibility index (Phi) is 3.28. The Labute approximate surface area is 82.9 Å². The Bertz CT molecular complexity index is 331. The van der Waals surface area contributed by atoms with Crippen molar-refractivity contribution in [2.75, 3.05) is 0 Å². The third-order valence-corrected chi connectivity index (χ3v) is 3.93. The number of aliphatic carboxylic acids is 1. The van der Waals surface area contributed by atoms with Gasteiger partial charge in [-0.1, -0.05) is 6.08 Å². The first-order valence-corrected chi connectivity index (χ1v) is 5.87. The van der Waals surface area contributed by atoms with Crippen LogP contribution in [-0.4, -0.2) is 30.8 Å². The molecule has 80 valence electrons. The fourth-order valence-corrected chi connectivity index (χ4v) is 2.58. The summed E-state index contributed by atoms with van der Waals surface area (Å²) in [5, 5.41) is 8.30. The van der Waals surface area contributed by atoms with E-state index in [0.717, 1.165) is 0 Å². The summed E-state index contributed by atoms with van der Waals surface area (Å²) in [5.74, 6) is -1.17. The van der Waals surface area contributed by atoms with Gasteiger partial charge in [-0.3, -0.25) is 4.79 Å². The van der Waals surface area contributed by atoms with Crippen molar-refractivity contribution in [3.8, 4) is 0 Å². The summed E-state index contributed by atoms with van der Waals surface area (Å²) in [7, 11) is -3.43. The van der Waals surface area contributed by atoms with E-state index in [1.165, 1.54) is 6.08 Å². The monoisotopic (exact) mass is 219 g/mol. The summed E-state index contributed by atoms with van der Waals surface area (Å²) in [6, 6.07) is -1.09. The SMILES string of the molecule is C=CCC(NS(=O)(=O)C1CC1)C(=O)O. The van der Waals surface area contributed by atoms with Crippen LogP contribution < -0.4 is 4.72 Å². The maximum atomic E-state index is 11.4. The second kappa shape index (κ2) is 4.10. The van der Waals surface area contributed by atoms with Crippen molar-refractivity contribution in [3.63, 3.8) is 0 Å². The van der Waals surface area contributed by atoms with Gasteiger partial charge in [-0.2, -0.15) is 0 Å². The van der Waals surface area contributed by atoms with Crippen LogP contribution in [0.2, 0.25) is 0 Å². The van der Waals surface area contributed by atoms with E-state index in [4.69, 9.17) is 5.11 Å². The molecule has 0 aromatic heterocycles. The Morgan fingerprint density at radius 3 is 2.57 bits per heavy atom. The third kappa shape index (κ3) is 2.81. The minimum atomic E-state index is -3.43. The smallest absolute Gasteiger partial charge is 0.322 e. The lowest BCUT2D eigenvalue weighted by Gasteiger charge is -2.12. The molecule has 1 aliphatic rings. The standard InChI is InChI=1S/C8H13NO4S/c1-2-3-7(8(10)11)9-14(12,13)6-4-5-6/h2,6-7,9H,1,3-5H2,(H,10,11). The molecule has 0 heterocycles. The van der Waals surface area contributed by atoms with Gasteiger partial charge in [0, 0.05) is 0 Å². The van der Waals surface area contributed by atoms with Crippen molar-refractivity contribution >= 4 is 16.0 Å². The van der Waals surface area contributed by atoms with E-state index in [-0.39, 0.29) is 6.42 Å². The van der Waals surface area contributed by atoms with Crippen LogP contribution in [0.4, 0.5) is 0 Å². The minimum absolute atomic E-state index is 0.0985. The van der Waals surface area contributed by atoms with Crippen molar-refractivity contribution in [1.29, 1.82) is 0 Å². The Morgan fingerprint density at radius 2 is 2.21 bits per heavy atom. The van der Waals surface area contributed by atoms with Crippen LogP contribution in [0.15, 0.2) is 12.7 Å². The molecule has 1 saturated carbocycles. The number of carboxylic acids is 1. The largest absolute Gasteiger partial charge is 0.480 e. The van der Waals surface area contributed by atoms with Crippen LogP contribution in [0, 0.1) is 0 Å². The van der Waals surface area contributed by atoms with Gasteiger partial charge in [0.25, 0.3) is 0 Å². The number of rotatable bonds is 6. The molecule has 2 N–H and O–H groups in total. The fraction of sp³-hybridized carbons (Fsp3) is 0.625. The van der Waals surface area contributed by atoms with Crippen LogP contribution in [0.5, 0.6) is 0 Å². The summed E-state index contributed by atoms with van der Waals surface area (Å²) in [4.78, 5) is 10.6. The normalized spacial score (nSPS) is 18.9. The molecule has 1 aliphatic carbocycles. The van der Waals surface area contributed by atoms with Crippen LogP contribution in [0.25, 0.3) is 0 Å². The maximum Gasteiger partial charge on any atom is 0.322 e. The summed E-state index contributed by atoms with van der Waals surface area (Å²) in [5.41, 5.74) is 0. The van der Waals surface area contributed by atoms with Crippen molar-refractivity contribution in [2.24, 2.45) is 0 Å². The third-order valence-electron chi connectivity index (χ3n) is 1.97. The first-order valence-electron chi connectivity index (χ1n) is 4.32. The molecule has 0 radical (unpaired) electrons. The molecule has 1 fully saturated rings. The van der Waals surface area contributed by atoms with Gasteiger partial charge in [0.1, 0.15) is 6.04 Å². The summed E-state index contributed by atoms with van der Waals surface area (Å²) in [6.45, 7) is 3.38. The van der Waals surface area contributed by atoms with Crippen molar-refractivity contribution in [2.45, 2.75) is 30.6 Å². The van der Waals surface area contributed by atoms with E-state index in [1.54, 1.807) is 0 Å². The van der Waals surface area contributed by atoms with E-state index in [2.05, 4.69) is 11.3 Å². The highest BCUT2D eigenvalue weighted by Gasteiger charge is 2.37. The van der Waals surface area contributed by atoms with Crippen LogP contribution >= 0.6 is 0 Å². The maximum absolute atomic E-state index is 11.4. The summed E-state index contributed by atoms with van der Waals surface area (Å²) >= 11 is 0. The van der Waals surface area contributed by atoms with Crippen LogP contribution in [-0.2, 0) is 14.8 Å². The van der Waals surface area contributed by atoms with Gasteiger partial charge < -0.3 is 5.11 Å². The number of carboxylic acid groups (broad SMARTS) is 1. The number of sulfonamides is 1. The molecule has 0 aromatic rings. The van der Waals surface area contributed by atoms with Gasteiger partial charge in [-0.25, -0.2) is 13.1 Å². The number of carbonyl (C=O) groups is 1. The van der Waals surface area contributed by atoms with Gasteiger partial charge >= 0.3 is 5.97 Å². The highest BCUT2D eigenvalue weighted by atomic mass is 32.2. The second-order valence-electron chi connectivity index (χ2n) is 3.28. The summed E-state index contributed by atoms with van der Waals surface area (Å²) < 4.78 is 24.9. The predicted molar refractivity (Wildman–Crippen MR) is 51.3 cm³/mol. The molecule has 0 bridgehead atoms. The Hall–Kier alpha value is -0.880. The molecule has 0 aliphatic heterocycles. The lowest BCUT2D eigenvalue weighted by Crippen LogP contribution is -2.41. The van der Waals surface area contributed by atoms with E-state index in [9.17, 15) is 13.2 Å². The molecule has 6 heteroatoms. The molecular weight excluding hydrogens is 206 g/mol. The van der Waals surface area contributed by atoms with Gasteiger partial charge in [0.05, 0.1) is 5.25 Å². The quantitative estimate of drug-likeness (QED) is 0.620. The molecule has 0 amide bonds. The van der Waals surface area contributed by atoms with Crippen molar-refractivity contribution in [3.05, 3.63) is 12.7 Å².